The lowest BCUT2D eigenvalue weighted by Crippen LogP contribution is -2.30. The highest BCUT2D eigenvalue weighted by Gasteiger charge is 2.21. The summed E-state index contributed by atoms with van der Waals surface area (Å²) in [5.74, 6) is 1.08. The molecule has 0 amide bonds. The second-order valence-electron chi connectivity index (χ2n) is 8.32. The van der Waals surface area contributed by atoms with E-state index >= 15 is 0 Å². The van der Waals surface area contributed by atoms with Crippen LogP contribution in [0.25, 0.3) is 33.1 Å². The summed E-state index contributed by atoms with van der Waals surface area (Å²) < 4.78 is 2.03. The third-order valence-electron chi connectivity index (χ3n) is 6.06. The summed E-state index contributed by atoms with van der Waals surface area (Å²) in [7, 11) is 4.11. The monoisotopic (exact) mass is 401 g/mol. The van der Waals surface area contributed by atoms with Crippen molar-refractivity contribution in [1.29, 1.82) is 0 Å². The first kappa shape index (κ1) is 18.8. The van der Waals surface area contributed by atoms with E-state index in [1.165, 1.54) is 22.8 Å². The van der Waals surface area contributed by atoms with Gasteiger partial charge in [-0.3, -0.25) is 0 Å². The summed E-state index contributed by atoms with van der Waals surface area (Å²) in [5, 5.41) is 11.6. The van der Waals surface area contributed by atoms with Gasteiger partial charge in [-0.2, -0.15) is 5.10 Å². The minimum Gasteiger partial charge on any atom is -0.383 e. The number of hydrogen-bond donors (Lipinski definition) is 2. The van der Waals surface area contributed by atoms with Crippen LogP contribution < -0.4 is 16.0 Å². The number of aromatic nitrogens is 4. The Morgan fingerprint density at radius 2 is 1.83 bits per heavy atom. The van der Waals surface area contributed by atoms with Crippen LogP contribution in [0.4, 0.5) is 11.5 Å². The molecule has 154 valence electrons. The zero-order chi connectivity index (χ0) is 20.7. The lowest BCUT2D eigenvalue weighted by Gasteiger charge is -2.22. The van der Waals surface area contributed by atoms with Gasteiger partial charge in [0.15, 0.2) is 5.65 Å². The van der Waals surface area contributed by atoms with Crippen molar-refractivity contribution in [2.45, 2.75) is 19.4 Å². The molecular formula is C23H27N7. The fourth-order valence-electron chi connectivity index (χ4n) is 4.33. The Hall–Kier alpha value is -3.19. The van der Waals surface area contributed by atoms with Gasteiger partial charge < -0.3 is 16.0 Å². The summed E-state index contributed by atoms with van der Waals surface area (Å²) in [5.41, 5.74) is 10.2. The number of benzene rings is 2. The van der Waals surface area contributed by atoms with E-state index in [1.54, 1.807) is 0 Å². The predicted octanol–water partition coefficient (Wildman–Crippen LogP) is 3.29. The van der Waals surface area contributed by atoms with Crippen LogP contribution in [0.1, 0.15) is 12.8 Å². The maximum atomic E-state index is 6.29. The van der Waals surface area contributed by atoms with E-state index in [-0.39, 0.29) is 0 Å². The molecule has 0 spiro atoms. The molecule has 1 aliphatic heterocycles. The van der Waals surface area contributed by atoms with Crippen molar-refractivity contribution in [3.63, 3.8) is 0 Å². The molecule has 3 heterocycles. The van der Waals surface area contributed by atoms with E-state index in [0.717, 1.165) is 54.8 Å². The lowest BCUT2D eigenvalue weighted by molar-refractivity contribution is 0.325. The maximum Gasteiger partial charge on any atom is 0.163 e. The van der Waals surface area contributed by atoms with E-state index in [1.807, 2.05) is 4.68 Å². The number of fused-ring (bicyclic) bond motifs is 2. The first-order valence-corrected chi connectivity index (χ1v) is 10.5. The molecule has 30 heavy (non-hydrogen) atoms. The molecule has 0 atom stereocenters. The molecule has 1 aliphatic rings. The molecular weight excluding hydrogens is 374 g/mol. The Morgan fingerprint density at radius 3 is 2.63 bits per heavy atom. The van der Waals surface area contributed by atoms with E-state index in [4.69, 9.17) is 10.8 Å². The number of nitrogens with two attached hydrogens (primary N) is 1. The third kappa shape index (κ3) is 3.35. The number of nitrogens with one attached hydrogen (secondary N) is 1. The molecule has 7 heteroatoms. The van der Waals surface area contributed by atoms with Crippen molar-refractivity contribution in [2.24, 2.45) is 5.92 Å². The van der Waals surface area contributed by atoms with Gasteiger partial charge in [-0.05, 0) is 60.8 Å². The van der Waals surface area contributed by atoms with Gasteiger partial charge in [-0.25, -0.2) is 14.6 Å². The molecule has 2 aromatic heterocycles. The number of nitrogens with zero attached hydrogens (tertiary/aromatic N) is 5. The highest BCUT2D eigenvalue weighted by molar-refractivity contribution is 6.00. The van der Waals surface area contributed by atoms with Crippen LogP contribution in [0, 0.1) is 5.92 Å². The molecule has 4 aromatic rings. The molecule has 0 bridgehead atoms. The van der Waals surface area contributed by atoms with Crippen LogP contribution in [0.3, 0.4) is 0 Å². The van der Waals surface area contributed by atoms with Gasteiger partial charge in [-0.1, -0.05) is 18.2 Å². The fourth-order valence-corrected chi connectivity index (χ4v) is 4.33. The second-order valence-corrected chi connectivity index (χ2v) is 8.32. The van der Waals surface area contributed by atoms with Crippen LogP contribution in [0.2, 0.25) is 0 Å². The van der Waals surface area contributed by atoms with Gasteiger partial charge in [0, 0.05) is 31.9 Å². The van der Waals surface area contributed by atoms with E-state index in [0.29, 0.717) is 11.7 Å². The summed E-state index contributed by atoms with van der Waals surface area (Å²) >= 11 is 0. The van der Waals surface area contributed by atoms with Gasteiger partial charge in [0.1, 0.15) is 17.8 Å². The van der Waals surface area contributed by atoms with Crippen LogP contribution >= 0.6 is 0 Å². The second kappa shape index (κ2) is 7.57. The number of piperidine rings is 1. The quantitative estimate of drug-likeness (QED) is 0.546. The average molecular weight is 402 g/mol. The minimum absolute atomic E-state index is 0.481. The summed E-state index contributed by atoms with van der Waals surface area (Å²) in [6.07, 6.45) is 3.84. The molecule has 5 rings (SSSR count). The van der Waals surface area contributed by atoms with Crippen molar-refractivity contribution in [3.8, 4) is 11.3 Å². The van der Waals surface area contributed by atoms with Crippen LogP contribution in [-0.2, 0) is 6.54 Å². The topological polar surface area (TPSA) is 84.9 Å². The Balaban J connectivity index is 1.60. The Morgan fingerprint density at radius 1 is 1.07 bits per heavy atom. The van der Waals surface area contributed by atoms with E-state index in [9.17, 15) is 0 Å². The normalized spacial score (nSPS) is 15.1. The first-order chi connectivity index (χ1) is 14.6. The molecule has 2 aromatic carbocycles. The van der Waals surface area contributed by atoms with Crippen molar-refractivity contribution >= 4 is 33.3 Å². The molecule has 0 saturated carbocycles. The molecule has 1 fully saturated rings. The number of anilines is 2. The van der Waals surface area contributed by atoms with Gasteiger partial charge in [-0.15, -0.1) is 0 Å². The van der Waals surface area contributed by atoms with Gasteiger partial charge in [0.2, 0.25) is 0 Å². The highest BCUT2D eigenvalue weighted by atomic mass is 15.3. The number of nitrogen functional groups attached to an aromatic ring is 1. The van der Waals surface area contributed by atoms with Crippen LogP contribution in [-0.4, -0.2) is 46.9 Å². The maximum absolute atomic E-state index is 6.29. The predicted molar refractivity (Wildman–Crippen MR) is 123 cm³/mol. The summed E-state index contributed by atoms with van der Waals surface area (Å²) in [6, 6.07) is 12.9. The van der Waals surface area contributed by atoms with Crippen molar-refractivity contribution in [2.75, 3.05) is 37.8 Å². The van der Waals surface area contributed by atoms with Gasteiger partial charge >= 0.3 is 0 Å². The Labute approximate surface area is 175 Å². The number of rotatable bonds is 4. The molecule has 0 unspecified atom stereocenters. The van der Waals surface area contributed by atoms with Crippen molar-refractivity contribution < 1.29 is 0 Å². The Kier molecular flexibility index (Phi) is 4.75. The summed E-state index contributed by atoms with van der Waals surface area (Å²) in [4.78, 5) is 10.9. The summed E-state index contributed by atoms with van der Waals surface area (Å²) in [6.45, 7) is 2.98. The highest BCUT2D eigenvalue weighted by Crippen LogP contribution is 2.33. The van der Waals surface area contributed by atoms with Crippen LogP contribution in [0.5, 0.6) is 0 Å². The largest absolute Gasteiger partial charge is 0.383 e. The molecule has 1 saturated heterocycles. The molecule has 3 N–H and O–H groups in total. The molecule has 7 nitrogen and oxygen atoms in total. The van der Waals surface area contributed by atoms with Crippen molar-refractivity contribution in [1.82, 2.24) is 25.1 Å². The lowest BCUT2D eigenvalue weighted by atomic mass is 9.98. The van der Waals surface area contributed by atoms with Gasteiger partial charge in [0.05, 0.1) is 5.39 Å². The first-order valence-electron chi connectivity index (χ1n) is 10.5. The smallest absolute Gasteiger partial charge is 0.163 e. The minimum atomic E-state index is 0.481. The van der Waals surface area contributed by atoms with Crippen LogP contribution in [0.15, 0.2) is 42.7 Å². The third-order valence-corrected chi connectivity index (χ3v) is 6.06. The SMILES string of the molecule is CN(C)c1ccc2cc(-c3nn(CC4CCNCC4)c4ncnc(N)c34)ccc2c1. The van der Waals surface area contributed by atoms with Crippen molar-refractivity contribution in [3.05, 3.63) is 42.7 Å². The average Bonchev–Trinajstić information content (AvgIpc) is 3.13. The standard InChI is InChI=1S/C23H27N7/c1-29(2)19-6-5-16-11-18(4-3-17(16)12-19)21-20-22(24)26-14-27-23(20)30(28-21)13-15-7-9-25-10-8-15/h3-6,11-12,14-15,25H,7-10,13H2,1-2H3,(H2,24,26,27). The van der Waals surface area contributed by atoms with E-state index < -0.39 is 0 Å². The van der Waals surface area contributed by atoms with E-state index in [2.05, 4.69) is 70.7 Å². The molecule has 0 radical (unpaired) electrons. The Bertz CT molecular complexity index is 1210. The fraction of sp³-hybridized carbons (Fsp3) is 0.348. The zero-order valence-electron chi connectivity index (χ0n) is 17.5. The number of hydrogen-bond acceptors (Lipinski definition) is 6. The van der Waals surface area contributed by atoms with Gasteiger partial charge in [0.25, 0.3) is 0 Å². The molecule has 0 aliphatic carbocycles. The zero-order valence-corrected chi connectivity index (χ0v) is 17.5.